The predicted molar refractivity (Wildman–Crippen MR) is 74.3 cm³/mol. The molecular weight excluding hydrogens is 244 g/mol. The van der Waals surface area contributed by atoms with Gasteiger partial charge in [-0.25, -0.2) is 0 Å². The van der Waals surface area contributed by atoms with Crippen LogP contribution in [0, 0.1) is 5.92 Å². The molecule has 1 heterocycles. The Morgan fingerprint density at radius 1 is 1.26 bits per heavy atom. The second-order valence-corrected chi connectivity index (χ2v) is 5.45. The van der Waals surface area contributed by atoms with Crippen LogP contribution in [0.5, 0.6) is 0 Å². The number of carbonyl (C=O) groups is 2. The maximum atomic E-state index is 11.7. The summed E-state index contributed by atoms with van der Waals surface area (Å²) in [5.74, 6) is 0.220. The zero-order valence-corrected chi connectivity index (χ0v) is 12.2. The topological polar surface area (TPSA) is 73.5 Å². The van der Waals surface area contributed by atoms with Crippen molar-refractivity contribution in [3.63, 3.8) is 0 Å². The first-order valence-electron chi connectivity index (χ1n) is 6.99. The van der Waals surface area contributed by atoms with Gasteiger partial charge in [-0.1, -0.05) is 0 Å². The first kappa shape index (κ1) is 15.9. The molecule has 1 rings (SSSR count). The summed E-state index contributed by atoms with van der Waals surface area (Å²) in [5.41, 5.74) is 4.73. The molecule has 0 aliphatic carbocycles. The first-order valence-corrected chi connectivity index (χ1v) is 6.99. The van der Waals surface area contributed by atoms with Gasteiger partial charge in [0.2, 0.25) is 5.91 Å². The van der Waals surface area contributed by atoms with Gasteiger partial charge in [0, 0.05) is 19.5 Å². The lowest BCUT2D eigenvalue weighted by atomic mass is 9.97. The van der Waals surface area contributed by atoms with Crippen LogP contribution in [0.15, 0.2) is 0 Å². The number of nitrogens with one attached hydrogen (secondary N) is 3. The van der Waals surface area contributed by atoms with Gasteiger partial charge >= 0.3 is 0 Å². The molecular formula is C13H26N4O2. The molecule has 1 aliphatic heterocycles. The van der Waals surface area contributed by atoms with Gasteiger partial charge in [0.25, 0.3) is 5.91 Å². The lowest BCUT2D eigenvalue weighted by molar-refractivity contribution is -0.129. The molecule has 0 aromatic heterocycles. The molecule has 0 saturated carbocycles. The van der Waals surface area contributed by atoms with Crippen molar-refractivity contribution in [2.75, 3.05) is 26.2 Å². The Labute approximate surface area is 115 Å². The van der Waals surface area contributed by atoms with E-state index < -0.39 is 0 Å². The summed E-state index contributed by atoms with van der Waals surface area (Å²) in [5, 5.41) is 3.35. The van der Waals surface area contributed by atoms with Crippen molar-refractivity contribution in [2.24, 2.45) is 5.92 Å². The van der Waals surface area contributed by atoms with Crippen LogP contribution in [-0.4, -0.2) is 48.9 Å². The average molecular weight is 270 g/mol. The summed E-state index contributed by atoms with van der Waals surface area (Å²) in [7, 11) is 0. The molecule has 6 nitrogen and oxygen atoms in total. The second-order valence-electron chi connectivity index (χ2n) is 5.45. The van der Waals surface area contributed by atoms with E-state index in [4.69, 9.17) is 0 Å². The Bertz CT molecular complexity index is 301. The van der Waals surface area contributed by atoms with E-state index in [0.717, 1.165) is 32.5 Å². The molecule has 0 aromatic carbocycles. The maximum absolute atomic E-state index is 11.7. The molecule has 1 fully saturated rings. The number of amides is 2. The predicted octanol–water partition coefficient (Wildman–Crippen LogP) is -0.136. The second kappa shape index (κ2) is 8.12. The van der Waals surface area contributed by atoms with Gasteiger partial charge in [0.05, 0.1) is 6.54 Å². The summed E-state index contributed by atoms with van der Waals surface area (Å²) in [6, 6.07) is 0.318. The van der Waals surface area contributed by atoms with Crippen molar-refractivity contribution in [2.45, 2.75) is 39.7 Å². The normalized spacial score (nSPS) is 16.7. The Morgan fingerprint density at radius 2 is 1.89 bits per heavy atom. The molecule has 0 aromatic rings. The quantitative estimate of drug-likeness (QED) is 0.608. The standard InChI is InChI=1S/C13H26N4O2/c1-10(2)17(8-12-4-6-14-7-5-12)9-13(19)16-15-11(3)18/h10,12,14H,4-9H2,1-3H3,(H,15,18)(H,16,19). The number of piperidine rings is 1. The molecule has 0 atom stereocenters. The van der Waals surface area contributed by atoms with Gasteiger partial charge in [-0.15, -0.1) is 0 Å². The molecule has 1 aliphatic rings. The van der Waals surface area contributed by atoms with Crippen molar-refractivity contribution < 1.29 is 9.59 Å². The van der Waals surface area contributed by atoms with E-state index in [1.165, 1.54) is 6.92 Å². The first-order chi connectivity index (χ1) is 8.99. The highest BCUT2D eigenvalue weighted by atomic mass is 16.2. The Kier molecular flexibility index (Phi) is 6.80. The number of nitrogens with zero attached hydrogens (tertiary/aromatic N) is 1. The van der Waals surface area contributed by atoms with Crippen molar-refractivity contribution in [3.8, 4) is 0 Å². The number of rotatable bonds is 5. The Morgan fingerprint density at radius 3 is 2.42 bits per heavy atom. The van der Waals surface area contributed by atoms with Crippen LogP contribution in [0.2, 0.25) is 0 Å². The zero-order chi connectivity index (χ0) is 14.3. The van der Waals surface area contributed by atoms with Crippen molar-refractivity contribution in [1.82, 2.24) is 21.1 Å². The highest BCUT2D eigenvalue weighted by Crippen LogP contribution is 2.14. The number of hydrogen-bond donors (Lipinski definition) is 3. The molecule has 6 heteroatoms. The third-order valence-electron chi connectivity index (χ3n) is 3.41. The minimum Gasteiger partial charge on any atom is -0.317 e. The minimum absolute atomic E-state index is 0.169. The van der Waals surface area contributed by atoms with E-state index in [2.05, 4.69) is 34.9 Å². The Balaban J connectivity index is 2.38. The van der Waals surface area contributed by atoms with E-state index >= 15 is 0 Å². The van der Waals surface area contributed by atoms with Crippen LogP contribution >= 0.6 is 0 Å². The summed E-state index contributed by atoms with van der Waals surface area (Å²) in [4.78, 5) is 24.6. The van der Waals surface area contributed by atoms with Crippen LogP contribution in [0.1, 0.15) is 33.6 Å². The summed E-state index contributed by atoms with van der Waals surface area (Å²) in [6.45, 7) is 8.94. The van der Waals surface area contributed by atoms with Gasteiger partial charge in [-0.05, 0) is 45.7 Å². The van der Waals surface area contributed by atoms with Crippen LogP contribution in [0.4, 0.5) is 0 Å². The fourth-order valence-corrected chi connectivity index (χ4v) is 2.24. The largest absolute Gasteiger partial charge is 0.317 e. The highest BCUT2D eigenvalue weighted by molar-refractivity contribution is 5.81. The molecule has 19 heavy (non-hydrogen) atoms. The lowest BCUT2D eigenvalue weighted by Gasteiger charge is -2.32. The zero-order valence-electron chi connectivity index (χ0n) is 12.2. The van der Waals surface area contributed by atoms with Gasteiger partial charge in [0.15, 0.2) is 0 Å². The molecule has 0 radical (unpaired) electrons. The van der Waals surface area contributed by atoms with E-state index in [9.17, 15) is 9.59 Å². The number of carbonyl (C=O) groups excluding carboxylic acids is 2. The SMILES string of the molecule is CC(=O)NNC(=O)CN(CC1CCNCC1)C(C)C. The smallest absolute Gasteiger partial charge is 0.252 e. The fourth-order valence-electron chi connectivity index (χ4n) is 2.24. The molecule has 1 saturated heterocycles. The maximum Gasteiger partial charge on any atom is 0.252 e. The van der Waals surface area contributed by atoms with Gasteiger partial charge < -0.3 is 5.32 Å². The molecule has 110 valence electrons. The van der Waals surface area contributed by atoms with Crippen molar-refractivity contribution in [3.05, 3.63) is 0 Å². The van der Waals surface area contributed by atoms with E-state index in [1.807, 2.05) is 0 Å². The Hall–Kier alpha value is -1.14. The molecule has 3 N–H and O–H groups in total. The van der Waals surface area contributed by atoms with E-state index in [0.29, 0.717) is 18.5 Å². The summed E-state index contributed by atoms with van der Waals surface area (Å²) in [6.07, 6.45) is 2.33. The van der Waals surface area contributed by atoms with E-state index in [-0.39, 0.29) is 11.8 Å². The van der Waals surface area contributed by atoms with Crippen LogP contribution in [-0.2, 0) is 9.59 Å². The number of hydrazine groups is 1. The lowest BCUT2D eigenvalue weighted by Crippen LogP contribution is -2.48. The van der Waals surface area contributed by atoms with Gasteiger partial charge in [-0.2, -0.15) is 0 Å². The third kappa shape index (κ3) is 6.54. The van der Waals surface area contributed by atoms with Gasteiger partial charge in [-0.3, -0.25) is 25.3 Å². The van der Waals surface area contributed by atoms with Crippen molar-refractivity contribution in [1.29, 1.82) is 0 Å². The summed E-state index contributed by atoms with van der Waals surface area (Å²) >= 11 is 0. The molecule has 2 amide bonds. The van der Waals surface area contributed by atoms with Crippen molar-refractivity contribution >= 4 is 11.8 Å². The monoisotopic (exact) mass is 270 g/mol. The average Bonchev–Trinajstić information content (AvgIpc) is 2.36. The third-order valence-corrected chi connectivity index (χ3v) is 3.41. The molecule has 0 bridgehead atoms. The van der Waals surface area contributed by atoms with E-state index in [1.54, 1.807) is 0 Å². The van der Waals surface area contributed by atoms with Crippen LogP contribution < -0.4 is 16.2 Å². The fraction of sp³-hybridized carbons (Fsp3) is 0.846. The summed E-state index contributed by atoms with van der Waals surface area (Å²) < 4.78 is 0. The van der Waals surface area contributed by atoms with Crippen LogP contribution in [0.3, 0.4) is 0 Å². The van der Waals surface area contributed by atoms with Gasteiger partial charge in [0.1, 0.15) is 0 Å². The van der Waals surface area contributed by atoms with Crippen LogP contribution in [0.25, 0.3) is 0 Å². The number of hydrogen-bond acceptors (Lipinski definition) is 4. The highest BCUT2D eigenvalue weighted by Gasteiger charge is 2.20. The minimum atomic E-state index is -0.261. The molecule has 0 unspecified atom stereocenters. The molecule has 0 spiro atoms.